The van der Waals surface area contributed by atoms with Crippen molar-refractivity contribution in [1.82, 2.24) is 15.2 Å². The van der Waals surface area contributed by atoms with Crippen LogP contribution in [0, 0.1) is 11.3 Å². The summed E-state index contributed by atoms with van der Waals surface area (Å²) in [4.78, 5) is 22.6. The standard InChI is InChI=1S/C27H37F3N4O3/c1-36-23-16-37-10-7-22(23)32-19-11-17-3-2-8-26(17,13-19)25(35)34-20-4-5-21(34)15-33(14-20)24-12-18(6-9-31-24)27(28,29)30/h6,9,12,17,19-23,32H,2-5,7-8,10-11,13-16H2,1H3/t17-,19-,20-,21+,22+,23-,26-/m1/s1. The Labute approximate surface area is 216 Å². The second kappa shape index (κ2) is 9.68. The summed E-state index contributed by atoms with van der Waals surface area (Å²) in [5.74, 6) is 1.03. The van der Waals surface area contributed by atoms with E-state index in [-0.39, 0.29) is 29.6 Å². The van der Waals surface area contributed by atoms with Crippen molar-refractivity contribution in [2.24, 2.45) is 11.3 Å². The van der Waals surface area contributed by atoms with Gasteiger partial charge in [-0.1, -0.05) is 6.42 Å². The summed E-state index contributed by atoms with van der Waals surface area (Å²) in [5.41, 5.74) is -0.996. The number of anilines is 1. The number of amides is 1. The first kappa shape index (κ1) is 25.4. The number of nitrogens with zero attached hydrogens (tertiary/aromatic N) is 3. The Hall–Kier alpha value is -1.91. The number of methoxy groups -OCH3 is 1. The minimum atomic E-state index is -4.40. The average Bonchev–Trinajstić information content (AvgIpc) is 3.52. The summed E-state index contributed by atoms with van der Waals surface area (Å²) in [7, 11) is 1.73. The predicted octanol–water partition coefficient (Wildman–Crippen LogP) is 3.62. The number of piperazine rings is 1. The van der Waals surface area contributed by atoms with Crippen LogP contribution in [0.1, 0.15) is 56.9 Å². The van der Waals surface area contributed by atoms with Gasteiger partial charge in [0.15, 0.2) is 0 Å². The maximum Gasteiger partial charge on any atom is 0.416 e. The SMILES string of the molecule is CO[C@@H]1COCC[C@@H]1N[C@@H]1C[C@H]2CCC[C@@]2(C(=O)N2[C@@H]3CC[C@H]2CN(c2cc(C(F)(F)F)ccn2)C3)C1. The van der Waals surface area contributed by atoms with Crippen LogP contribution >= 0.6 is 0 Å². The molecular weight excluding hydrogens is 485 g/mol. The number of fused-ring (bicyclic) bond motifs is 3. The number of aromatic nitrogens is 1. The number of nitrogens with one attached hydrogen (secondary N) is 1. The van der Waals surface area contributed by atoms with Gasteiger partial charge < -0.3 is 24.6 Å². The Morgan fingerprint density at radius 3 is 2.73 bits per heavy atom. The summed E-state index contributed by atoms with van der Waals surface area (Å²) >= 11 is 0. The number of rotatable bonds is 5. The van der Waals surface area contributed by atoms with Gasteiger partial charge in [-0.2, -0.15) is 13.2 Å². The molecule has 7 nitrogen and oxygen atoms in total. The molecule has 0 radical (unpaired) electrons. The lowest BCUT2D eigenvalue weighted by Gasteiger charge is -2.45. The van der Waals surface area contributed by atoms with Gasteiger partial charge in [-0.05, 0) is 63.0 Å². The van der Waals surface area contributed by atoms with Gasteiger partial charge in [-0.3, -0.25) is 4.79 Å². The van der Waals surface area contributed by atoms with Gasteiger partial charge in [-0.25, -0.2) is 4.98 Å². The van der Waals surface area contributed by atoms with Crippen LogP contribution in [-0.2, 0) is 20.4 Å². The molecule has 2 bridgehead atoms. The average molecular weight is 523 g/mol. The molecule has 2 saturated carbocycles. The van der Waals surface area contributed by atoms with Crippen molar-refractivity contribution in [3.05, 3.63) is 23.9 Å². The molecule has 6 rings (SSSR count). The molecule has 5 aliphatic rings. The van der Waals surface area contributed by atoms with Crippen molar-refractivity contribution in [3.8, 4) is 0 Å². The molecular formula is C27H37F3N4O3. The molecule has 3 aliphatic heterocycles. The molecule has 1 aromatic heterocycles. The largest absolute Gasteiger partial charge is 0.416 e. The van der Waals surface area contributed by atoms with E-state index in [0.29, 0.717) is 43.4 Å². The van der Waals surface area contributed by atoms with Gasteiger partial charge in [-0.15, -0.1) is 0 Å². The van der Waals surface area contributed by atoms with E-state index in [9.17, 15) is 18.0 Å². The van der Waals surface area contributed by atoms with Crippen molar-refractivity contribution in [3.63, 3.8) is 0 Å². The van der Waals surface area contributed by atoms with Crippen molar-refractivity contribution in [2.45, 2.75) is 87.8 Å². The van der Waals surface area contributed by atoms with E-state index in [0.717, 1.165) is 70.1 Å². The van der Waals surface area contributed by atoms with Crippen molar-refractivity contribution in [2.75, 3.05) is 38.3 Å². The Kier molecular flexibility index (Phi) is 6.64. The summed E-state index contributed by atoms with van der Waals surface area (Å²) in [6.45, 7) is 2.40. The van der Waals surface area contributed by atoms with Gasteiger partial charge >= 0.3 is 6.18 Å². The van der Waals surface area contributed by atoms with E-state index in [4.69, 9.17) is 9.47 Å². The van der Waals surface area contributed by atoms with Crippen LogP contribution in [0.25, 0.3) is 0 Å². The van der Waals surface area contributed by atoms with Gasteiger partial charge in [0.2, 0.25) is 5.91 Å². The zero-order valence-electron chi connectivity index (χ0n) is 21.4. The molecule has 4 heterocycles. The molecule has 1 aromatic rings. The molecule has 7 atom stereocenters. The highest BCUT2D eigenvalue weighted by Crippen LogP contribution is 2.56. The predicted molar refractivity (Wildman–Crippen MR) is 131 cm³/mol. The molecule has 0 aromatic carbocycles. The van der Waals surface area contributed by atoms with Crippen LogP contribution in [0.4, 0.5) is 19.0 Å². The fourth-order valence-corrected chi connectivity index (χ4v) is 8.00. The second-order valence-electron chi connectivity index (χ2n) is 11.7. The second-order valence-corrected chi connectivity index (χ2v) is 11.7. The Morgan fingerprint density at radius 2 is 2.00 bits per heavy atom. The maximum atomic E-state index is 14.3. The van der Waals surface area contributed by atoms with Crippen molar-refractivity contribution < 1.29 is 27.4 Å². The van der Waals surface area contributed by atoms with Crippen molar-refractivity contribution in [1.29, 1.82) is 0 Å². The van der Waals surface area contributed by atoms with E-state index < -0.39 is 11.7 Å². The lowest BCUT2D eigenvalue weighted by Crippen LogP contribution is -2.59. The summed E-state index contributed by atoms with van der Waals surface area (Å²) in [6.07, 6.45) is 4.57. The van der Waals surface area contributed by atoms with Crippen LogP contribution < -0.4 is 10.2 Å². The van der Waals surface area contributed by atoms with Gasteiger partial charge in [0.1, 0.15) is 5.82 Å². The number of hydrogen-bond acceptors (Lipinski definition) is 6. The van der Waals surface area contributed by atoms with E-state index in [1.54, 1.807) is 7.11 Å². The normalized spacial score (nSPS) is 37.7. The highest BCUT2D eigenvalue weighted by atomic mass is 19.4. The maximum absolute atomic E-state index is 14.3. The monoisotopic (exact) mass is 522 g/mol. The number of pyridine rings is 1. The number of hydrogen-bond donors (Lipinski definition) is 1. The smallest absolute Gasteiger partial charge is 0.379 e. The number of halogens is 3. The summed E-state index contributed by atoms with van der Waals surface area (Å²) in [5, 5.41) is 3.83. The van der Waals surface area contributed by atoms with Crippen LogP contribution in [0.15, 0.2) is 18.3 Å². The highest BCUT2D eigenvalue weighted by molar-refractivity contribution is 5.85. The van der Waals surface area contributed by atoms with Crippen molar-refractivity contribution >= 4 is 11.7 Å². The molecule has 3 saturated heterocycles. The Bertz CT molecular complexity index is 995. The minimum Gasteiger partial charge on any atom is -0.379 e. The molecule has 1 amide bonds. The fraction of sp³-hybridized carbons (Fsp3) is 0.778. The lowest BCUT2D eigenvalue weighted by atomic mass is 9.78. The van der Waals surface area contributed by atoms with E-state index >= 15 is 0 Å². The summed E-state index contributed by atoms with van der Waals surface area (Å²) < 4.78 is 51.0. The van der Waals surface area contributed by atoms with Gasteiger partial charge in [0.05, 0.1) is 23.7 Å². The number of carbonyl (C=O) groups is 1. The number of ether oxygens (including phenoxy) is 2. The highest BCUT2D eigenvalue weighted by Gasteiger charge is 2.59. The third-order valence-electron chi connectivity index (χ3n) is 9.73. The third kappa shape index (κ3) is 4.52. The van der Waals surface area contributed by atoms with Gasteiger partial charge in [0, 0.05) is 57.2 Å². The zero-order valence-corrected chi connectivity index (χ0v) is 21.4. The molecule has 5 fully saturated rings. The first-order valence-electron chi connectivity index (χ1n) is 13.8. The molecule has 10 heteroatoms. The first-order chi connectivity index (χ1) is 17.8. The van der Waals surface area contributed by atoms with Gasteiger partial charge in [0.25, 0.3) is 0 Å². The van der Waals surface area contributed by atoms with Crippen LogP contribution in [0.3, 0.4) is 0 Å². The molecule has 1 N–H and O–H groups in total. The molecule has 37 heavy (non-hydrogen) atoms. The summed E-state index contributed by atoms with van der Waals surface area (Å²) in [6, 6.07) is 2.74. The Balaban J connectivity index is 1.16. The molecule has 2 aliphatic carbocycles. The Morgan fingerprint density at radius 1 is 1.22 bits per heavy atom. The fourth-order valence-electron chi connectivity index (χ4n) is 8.00. The lowest BCUT2D eigenvalue weighted by molar-refractivity contribution is -0.147. The van der Waals surface area contributed by atoms with E-state index in [1.165, 1.54) is 6.20 Å². The first-order valence-corrected chi connectivity index (χ1v) is 13.8. The van der Waals surface area contributed by atoms with Crippen LogP contribution in [0.2, 0.25) is 0 Å². The van der Waals surface area contributed by atoms with Crippen LogP contribution in [-0.4, -0.2) is 79.5 Å². The zero-order chi connectivity index (χ0) is 25.8. The van der Waals surface area contributed by atoms with E-state index in [1.807, 2.05) is 4.90 Å². The number of alkyl halides is 3. The van der Waals surface area contributed by atoms with E-state index in [2.05, 4.69) is 15.2 Å². The topological polar surface area (TPSA) is 66.9 Å². The molecule has 0 unspecified atom stereocenters. The molecule has 204 valence electrons. The number of carbonyl (C=O) groups excluding carboxylic acids is 1. The van der Waals surface area contributed by atoms with Crippen LogP contribution in [0.5, 0.6) is 0 Å². The quantitative estimate of drug-likeness (QED) is 0.637. The molecule has 0 spiro atoms. The minimum absolute atomic E-state index is 0.0265. The third-order valence-corrected chi connectivity index (χ3v) is 9.73.